The van der Waals surface area contributed by atoms with E-state index in [0.29, 0.717) is 18.2 Å². The van der Waals surface area contributed by atoms with Crippen molar-refractivity contribution in [3.8, 4) is 0 Å². The molecule has 3 rings (SSSR count). The molecule has 120 valence electrons. The van der Waals surface area contributed by atoms with E-state index in [2.05, 4.69) is 28.9 Å². The van der Waals surface area contributed by atoms with E-state index in [4.69, 9.17) is 0 Å². The molecule has 0 saturated carbocycles. The van der Waals surface area contributed by atoms with Gasteiger partial charge in [-0.3, -0.25) is 0 Å². The molecular weight excluding hydrogens is 318 g/mol. The number of nitrogens with zero attached hydrogens (tertiary/aromatic N) is 3. The Kier molecular flexibility index (Phi) is 4.73. The summed E-state index contributed by atoms with van der Waals surface area (Å²) in [6, 6.07) is 0. The van der Waals surface area contributed by atoms with Crippen LogP contribution in [0, 0.1) is 0 Å². The smallest absolute Gasteiger partial charge is 0.192 e. The lowest BCUT2D eigenvalue weighted by Gasteiger charge is -2.16. The molecule has 2 atom stereocenters. The van der Waals surface area contributed by atoms with Gasteiger partial charge in [0.2, 0.25) is 0 Å². The summed E-state index contributed by atoms with van der Waals surface area (Å²) in [5.74, 6) is 1.21. The van der Waals surface area contributed by atoms with Crippen molar-refractivity contribution in [1.82, 2.24) is 14.8 Å². The number of hydrogen-bond donors (Lipinski definition) is 0. The molecule has 22 heavy (non-hydrogen) atoms. The van der Waals surface area contributed by atoms with E-state index in [-0.39, 0.29) is 17.4 Å². The van der Waals surface area contributed by atoms with Crippen LogP contribution in [0.5, 0.6) is 0 Å². The molecule has 1 fully saturated rings. The lowest BCUT2D eigenvalue weighted by atomic mass is 10.1. The van der Waals surface area contributed by atoms with Gasteiger partial charge in [0.05, 0.1) is 11.5 Å². The summed E-state index contributed by atoms with van der Waals surface area (Å²) in [6.45, 7) is 4.42. The fourth-order valence-electron chi connectivity index (χ4n) is 3.00. The molecule has 2 aliphatic rings. The van der Waals surface area contributed by atoms with Crippen molar-refractivity contribution in [1.29, 1.82) is 0 Å². The van der Waals surface area contributed by atoms with Crippen LogP contribution in [0.2, 0.25) is 0 Å². The minimum atomic E-state index is -2.92. The molecule has 1 aromatic rings. The standard InChI is InChI=1S/C15H21N3O2S2/c1-2-9-18-14(12-8-10-22(19,20)11-12)16-17-15(18)21-13-6-4-3-5-7-13/h2,4,6,12-13H,1,3,5,7-11H2. The number of thioether (sulfide) groups is 1. The van der Waals surface area contributed by atoms with Gasteiger partial charge >= 0.3 is 0 Å². The van der Waals surface area contributed by atoms with E-state index in [1.807, 2.05) is 10.6 Å². The largest absolute Gasteiger partial charge is 0.302 e. The van der Waals surface area contributed by atoms with E-state index < -0.39 is 9.84 Å². The Hall–Kier alpha value is -1.08. The van der Waals surface area contributed by atoms with Crippen molar-refractivity contribution in [2.24, 2.45) is 0 Å². The third kappa shape index (κ3) is 3.46. The molecule has 0 bridgehead atoms. The fraction of sp³-hybridized carbons (Fsp3) is 0.600. The lowest BCUT2D eigenvalue weighted by Crippen LogP contribution is -2.12. The summed E-state index contributed by atoms with van der Waals surface area (Å²) < 4.78 is 25.5. The second-order valence-electron chi connectivity index (χ2n) is 5.86. The van der Waals surface area contributed by atoms with Gasteiger partial charge in [0.15, 0.2) is 15.0 Å². The highest BCUT2D eigenvalue weighted by Gasteiger charge is 2.33. The van der Waals surface area contributed by atoms with Crippen molar-refractivity contribution < 1.29 is 8.42 Å². The first-order valence-corrected chi connectivity index (χ1v) is 10.4. The molecule has 1 aliphatic heterocycles. The van der Waals surface area contributed by atoms with Crippen molar-refractivity contribution in [2.75, 3.05) is 11.5 Å². The van der Waals surface area contributed by atoms with E-state index in [0.717, 1.165) is 23.8 Å². The number of sulfone groups is 1. The molecular formula is C15H21N3O2S2. The normalized spacial score (nSPS) is 27.1. The predicted octanol–water partition coefficient (Wildman–Crippen LogP) is 2.57. The minimum Gasteiger partial charge on any atom is -0.302 e. The van der Waals surface area contributed by atoms with E-state index in [1.165, 1.54) is 6.42 Å². The van der Waals surface area contributed by atoms with Crippen molar-refractivity contribution in [2.45, 2.75) is 48.6 Å². The van der Waals surface area contributed by atoms with Crippen molar-refractivity contribution in [3.63, 3.8) is 0 Å². The SMILES string of the molecule is C=CCn1c(SC2C=CCCC2)nnc1C1CCS(=O)(=O)C1. The molecule has 2 unspecified atom stereocenters. The Morgan fingerprint density at radius 3 is 2.91 bits per heavy atom. The second kappa shape index (κ2) is 6.58. The van der Waals surface area contributed by atoms with Crippen LogP contribution in [-0.4, -0.2) is 39.9 Å². The van der Waals surface area contributed by atoms with Gasteiger partial charge in [-0.2, -0.15) is 0 Å². The summed E-state index contributed by atoms with van der Waals surface area (Å²) >= 11 is 1.72. The van der Waals surface area contributed by atoms with E-state index in [1.54, 1.807) is 11.8 Å². The average Bonchev–Trinajstić information content (AvgIpc) is 3.04. The summed E-state index contributed by atoms with van der Waals surface area (Å²) in [5, 5.41) is 9.93. The zero-order chi connectivity index (χ0) is 15.6. The van der Waals surface area contributed by atoms with Gasteiger partial charge in [-0.1, -0.05) is 30.0 Å². The monoisotopic (exact) mass is 339 g/mol. The summed E-state index contributed by atoms with van der Waals surface area (Å²) in [6.07, 6.45) is 10.4. The maximum Gasteiger partial charge on any atom is 0.192 e. The maximum absolute atomic E-state index is 11.7. The highest BCUT2D eigenvalue weighted by molar-refractivity contribution is 7.99. The third-order valence-electron chi connectivity index (χ3n) is 4.12. The molecule has 1 aliphatic carbocycles. The average molecular weight is 339 g/mol. The number of aromatic nitrogens is 3. The first-order valence-electron chi connectivity index (χ1n) is 7.67. The molecule has 0 spiro atoms. The van der Waals surface area contributed by atoms with E-state index in [9.17, 15) is 8.42 Å². The summed E-state index contributed by atoms with van der Waals surface area (Å²) in [5.41, 5.74) is 0. The molecule has 0 N–H and O–H groups in total. The number of allylic oxidation sites excluding steroid dienone is 2. The van der Waals surface area contributed by atoms with Gasteiger partial charge in [0, 0.05) is 17.7 Å². The second-order valence-corrected chi connectivity index (χ2v) is 9.29. The zero-order valence-corrected chi connectivity index (χ0v) is 14.2. The third-order valence-corrected chi connectivity index (χ3v) is 7.10. The molecule has 0 amide bonds. The van der Waals surface area contributed by atoms with Crippen LogP contribution in [0.4, 0.5) is 0 Å². The molecule has 0 radical (unpaired) electrons. The van der Waals surface area contributed by atoms with Crippen LogP contribution < -0.4 is 0 Å². The van der Waals surface area contributed by atoms with Crippen molar-refractivity contribution >= 4 is 21.6 Å². The Bertz CT molecular complexity index is 679. The first kappa shape index (κ1) is 15.8. The number of hydrogen-bond acceptors (Lipinski definition) is 5. The minimum absolute atomic E-state index is 0.0336. The Labute approximate surface area is 135 Å². The summed E-state index contributed by atoms with van der Waals surface area (Å²) in [7, 11) is -2.92. The first-order chi connectivity index (χ1) is 10.6. The highest BCUT2D eigenvalue weighted by Crippen LogP contribution is 2.33. The molecule has 2 heterocycles. The van der Waals surface area contributed by atoms with Crippen LogP contribution in [0.3, 0.4) is 0 Å². The van der Waals surface area contributed by atoms with Gasteiger partial charge in [-0.05, 0) is 25.7 Å². The van der Waals surface area contributed by atoms with Crippen LogP contribution in [0.1, 0.15) is 37.4 Å². The van der Waals surface area contributed by atoms with Gasteiger partial charge in [-0.25, -0.2) is 8.42 Å². The van der Waals surface area contributed by atoms with Crippen LogP contribution in [-0.2, 0) is 16.4 Å². The highest BCUT2D eigenvalue weighted by atomic mass is 32.2. The van der Waals surface area contributed by atoms with Gasteiger partial charge in [0.1, 0.15) is 5.82 Å². The van der Waals surface area contributed by atoms with Crippen LogP contribution in [0.15, 0.2) is 30.0 Å². The molecule has 1 saturated heterocycles. The quantitative estimate of drug-likeness (QED) is 0.772. The van der Waals surface area contributed by atoms with Crippen molar-refractivity contribution in [3.05, 3.63) is 30.6 Å². The number of rotatable bonds is 5. The zero-order valence-electron chi connectivity index (χ0n) is 12.5. The molecule has 5 nitrogen and oxygen atoms in total. The molecule has 1 aromatic heterocycles. The van der Waals surface area contributed by atoms with Gasteiger partial charge in [0.25, 0.3) is 0 Å². The molecule has 0 aromatic carbocycles. The lowest BCUT2D eigenvalue weighted by molar-refractivity contribution is 0.597. The Balaban J connectivity index is 1.83. The summed E-state index contributed by atoms with van der Waals surface area (Å²) in [4.78, 5) is 0. The Morgan fingerprint density at radius 1 is 1.41 bits per heavy atom. The molecule has 7 heteroatoms. The predicted molar refractivity (Wildman–Crippen MR) is 88.9 cm³/mol. The van der Waals surface area contributed by atoms with Crippen LogP contribution >= 0.6 is 11.8 Å². The van der Waals surface area contributed by atoms with Gasteiger partial charge < -0.3 is 4.57 Å². The van der Waals surface area contributed by atoms with Gasteiger partial charge in [-0.15, -0.1) is 16.8 Å². The van der Waals surface area contributed by atoms with E-state index >= 15 is 0 Å². The topological polar surface area (TPSA) is 64.8 Å². The Morgan fingerprint density at radius 2 is 2.27 bits per heavy atom. The maximum atomic E-state index is 11.7. The van der Waals surface area contributed by atoms with Crippen LogP contribution in [0.25, 0.3) is 0 Å². The fourth-order valence-corrected chi connectivity index (χ4v) is 5.87.